The summed E-state index contributed by atoms with van der Waals surface area (Å²) in [6, 6.07) is 15.4. The van der Waals surface area contributed by atoms with Gasteiger partial charge in [-0.05, 0) is 54.8 Å². The summed E-state index contributed by atoms with van der Waals surface area (Å²) in [5.74, 6) is -0.335. The Balaban J connectivity index is 1.87. The van der Waals surface area contributed by atoms with Gasteiger partial charge in [0, 0.05) is 10.6 Å². The first kappa shape index (κ1) is 26.1. The third-order valence-electron chi connectivity index (χ3n) is 5.95. The molecule has 3 rings (SSSR count). The van der Waals surface area contributed by atoms with Gasteiger partial charge in [-0.3, -0.25) is 14.2 Å². The van der Waals surface area contributed by atoms with Crippen molar-refractivity contribution in [1.29, 1.82) is 5.26 Å². The number of nitrogens with zero attached hydrogens (tertiary/aromatic N) is 2. The number of carbonyl (C=O) groups excluding carboxylic acids is 1. The minimum atomic E-state index is -0.679. The third-order valence-corrected chi connectivity index (χ3v) is 6.32. The normalized spacial score (nSPS) is 10.7. The molecule has 0 saturated heterocycles. The molecule has 0 fully saturated rings. The first-order valence-corrected chi connectivity index (χ1v) is 12.1. The SMILES string of the molecule is CCCCCCCOc1ccc(C(=O)c2c(C)c(C#N)c(=O)n(Cc3ccccc3Cl)c2O)cc1. The van der Waals surface area contributed by atoms with Crippen LogP contribution in [0.4, 0.5) is 0 Å². The quantitative estimate of drug-likeness (QED) is 0.261. The monoisotopic (exact) mass is 492 g/mol. The maximum absolute atomic E-state index is 13.4. The second-order valence-electron chi connectivity index (χ2n) is 8.41. The number of pyridine rings is 1. The molecular weight excluding hydrogens is 464 g/mol. The van der Waals surface area contributed by atoms with Gasteiger partial charge in [0.2, 0.25) is 5.88 Å². The predicted octanol–water partition coefficient (Wildman–Crippen LogP) is 6.02. The molecule has 6 nitrogen and oxygen atoms in total. The highest BCUT2D eigenvalue weighted by Crippen LogP contribution is 2.27. The van der Waals surface area contributed by atoms with Crippen LogP contribution >= 0.6 is 11.6 Å². The lowest BCUT2D eigenvalue weighted by molar-refractivity contribution is 0.103. The standard InChI is InChI=1S/C28H29ClN2O4/c1-3-4-5-6-9-16-35-22-14-12-20(13-15-22)26(32)25-19(2)23(17-30)27(33)31(28(25)34)18-21-10-7-8-11-24(21)29/h7-8,10-15,34H,3-6,9,16,18H2,1-2H3. The molecule has 1 aromatic heterocycles. The van der Waals surface area contributed by atoms with E-state index < -0.39 is 17.2 Å². The smallest absolute Gasteiger partial charge is 0.271 e. The lowest BCUT2D eigenvalue weighted by Crippen LogP contribution is -2.27. The number of halogens is 1. The zero-order valence-corrected chi connectivity index (χ0v) is 20.8. The molecule has 35 heavy (non-hydrogen) atoms. The first-order chi connectivity index (χ1) is 16.9. The van der Waals surface area contributed by atoms with E-state index in [1.54, 1.807) is 48.5 Å². The van der Waals surface area contributed by atoms with Crippen LogP contribution in [0.15, 0.2) is 53.3 Å². The van der Waals surface area contributed by atoms with Gasteiger partial charge in [-0.25, -0.2) is 0 Å². The molecule has 0 atom stereocenters. The van der Waals surface area contributed by atoms with Crippen molar-refractivity contribution in [2.24, 2.45) is 0 Å². The molecule has 0 unspecified atom stereocenters. The van der Waals surface area contributed by atoms with Gasteiger partial charge in [-0.1, -0.05) is 62.4 Å². The Bertz CT molecular complexity index is 1290. The van der Waals surface area contributed by atoms with Gasteiger partial charge in [0.25, 0.3) is 5.56 Å². The lowest BCUT2D eigenvalue weighted by atomic mass is 9.97. The van der Waals surface area contributed by atoms with Crippen LogP contribution in [0.2, 0.25) is 5.02 Å². The molecule has 0 spiro atoms. The van der Waals surface area contributed by atoms with Crippen LogP contribution in [-0.2, 0) is 6.54 Å². The summed E-state index contributed by atoms with van der Waals surface area (Å²) in [6.45, 7) is 4.19. The van der Waals surface area contributed by atoms with Crippen molar-refractivity contribution in [3.05, 3.63) is 91.7 Å². The Morgan fingerprint density at radius 2 is 1.77 bits per heavy atom. The molecule has 1 N–H and O–H groups in total. The summed E-state index contributed by atoms with van der Waals surface area (Å²) >= 11 is 6.22. The van der Waals surface area contributed by atoms with Gasteiger partial charge in [0.15, 0.2) is 5.78 Å². The van der Waals surface area contributed by atoms with Crippen molar-refractivity contribution in [3.8, 4) is 17.7 Å². The number of carbonyl (C=O) groups is 1. The van der Waals surface area contributed by atoms with Crippen molar-refractivity contribution in [3.63, 3.8) is 0 Å². The summed E-state index contributed by atoms with van der Waals surface area (Å²) in [7, 11) is 0. The molecule has 7 heteroatoms. The molecule has 0 amide bonds. The topological polar surface area (TPSA) is 92.3 Å². The minimum Gasteiger partial charge on any atom is -0.494 e. The van der Waals surface area contributed by atoms with Gasteiger partial charge in [-0.2, -0.15) is 5.26 Å². The fourth-order valence-corrected chi connectivity index (χ4v) is 4.10. The van der Waals surface area contributed by atoms with E-state index in [2.05, 4.69) is 6.92 Å². The van der Waals surface area contributed by atoms with Gasteiger partial charge in [-0.15, -0.1) is 0 Å². The largest absolute Gasteiger partial charge is 0.494 e. The molecule has 0 bridgehead atoms. The number of hydrogen-bond donors (Lipinski definition) is 1. The zero-order valence-electron chi connectivity index (χ0n) is 20.0. The Morgan fingerprint density at radius 1 is 1.09 bits per heavy atom. The number of nitriles is 1. The maximum Gasteiger partial charge on any atom is 0.271 e. The molecule has 1 heterocycles. The molecule has 0 aliphatic carbocycles. The highest BCUT2D eigenvalue weighted by Gasteiger charge is 2.25. The number of unbranched alkanes of at least 4 members (excludes halogenated alkanes) is 4. The number of aromatic nitrogens is 1. The van der Waals surface area contributed by atoms with Crippen LogP contribution in [0, 0.1) is 18.3 Å². The van der Waals surface area contributed by atoms with Crippen molar-refractivity contribution in [2.75, 3.05) is 6.61 Å². The number of aromatic hydroxyl groups is 1. The molecule has 0 aliphatic rings. The number of ketones is 1. The van der Waals surface area contributed by atoms with E-state index in [1.807, 2.05) is 6.07 Å². The van der Waals surface area contributed by atoms with Crippen LogP contribution in [0.1, 0.15) is 71.6 Å². The highest BCUT2D eigenvalue weighted by atomic mass is 35.5. The minimum absolute atomic E-state index is 0.0788. The summed E-state index contributed by atoms with van der Waals surface area (Å²) < 4.78 is 6.77. The van der Waals surface area contributed by atoms with E-state index >= 15 is 0 Å². The Morgan fingerprint density at radius 3 is 2.43 bits per heavy atom. The number of rotatable bonds is 11. The van der Waals surface area contributed by atoms with E-state index in [4.69, 9.17) is 16.3 Å². The van der Waals surface area contributed by atoms with Gasteiger partial charge >= 0.3 is 0 Å². The van der Waals surface area contributed by atoms with E-state index in [-0.39, 0.29) is 23.2 Å². The molecule has 0 radical (unpaired) electrons. The van der Waals surface area contributed by atoms with Gasteiger partial charge in [0.1, 0.15) is 17.4 Å². The summed E-state index contributed by atoms with van der Waals surface area (Å²) in [4.78, 5) is 26.3. The van der Waals surface area contributed by atoms with Crippen LogP contribution in [-0.4, -0.2) is 22.1 Å². The number of hydrogen-bond acceptors (Lipinski definition) is 5. The zero-order chi connectivity index (χ0) is 25.4. The fraction of sp³-hybridized carbons (Fsp3) is 0.321. The van der Waals surface area contributed by atoms with Crippen molar-refractivity contribution >= 4 is 17.4 Å². The van der Waals surface area contributed by atoms with Crippen LogP contribution in [0.5, 0.6) is 11.6 Å². The summed E-state index contributed by atoms with van der Waals surface area (Å²) in [6.07, 6.45) is 5.70. The van der Waals surface area contributed by atoms with Crippen LogP contribution < -0.4 is 10.3 Å². The number of benzene rings is 2. The first-order valence-electron chi connectivity index (χ1n) is 11.8. The lowest BCUT2D eigenvalue weighted by Gasteiger charge is -2.16. The molecule has 0 aliphatic heterocycles. The average molecular weight is 493 g/mol. The molecule has 2 aromatic carbocycles. The Kier molecular flexibility index (Phi) is 9.11. The second kappa shape index (κ2) is 12.2. The molecule has 182 valence electrons. The van der Waals surface area contributed by atoms with E-state index in [0.29, 0.717) is 28.5 Å². The Labute approximate surface area is 210 Å². The van der Waals surface area contributed by atoms with Gasteiger partial charge < -0.3 is 9.84 Å². The number of ether oxygens (including phenoxy) is 1. The summed E-state index contributed by atoms with van der Waals surface area (Å²) in [5, 5.41) is 21.0. The van der Waals surface area contributed by atoms with Crippen molar-refractivity contribution in [1.82, 2.24) is 4.57 Å². The van der Waals surface area contributed by atoms with Crippen LogP contribution in [0.3, 0.4) is 0 Å². The predicted molar refractivity (Wildman–Crippen MR) is 137 cm³/mol. The highest BCUT2D eigenvalue weighted by molar-refractivity contribution is 6.31. The maximum atomic E-state index is 13.4. The van der Waals surface area contributed by atoms with Crippen molar-refractivity contribution in [2.45, 2.75) is 52.5 Å². The van der Waals surface area contributed by atoms with E-state index in [9.17, 15) is 20.0 Å². The van der Waals surface area contributed by atoms with Gasteiger partial charge in [0.05, 0.1) is 18.7 Å². The van der Waals surface area contributed by atoms with Crippen LogP contribution in [0.25, 0.3) is 0 Å². The van der Waals surface area contributed by atoms with E-state index in [1.165, 1.54) is 26.2 Å². The molecular formula is C28H29ClN2O4. The van der Waals surface area contributed by atoms with E-state index in [0.717, 1.165) is 17.4 Å². The fourth-order valence-electron chi connectivity index (χ4n) is 3.91. The molecule has 0 saturated carbocycles. The average Bonchev–Trinajstić information content (AvgIpc) is 2.85. The summed E-state index contributed by atoms with van der Waals surface area (Å²) in [5.41, 5.74) is 0.0722. The van der Waals surface area contributed by atoms with Crippen molar-refractivity contribution < 1.29 is 14.6 Å². The third kappa shape index (κ3) is 6.12. The second-order valence-corrected chi connectivity index (χ2v) is 8.82. The molecule has 3 aromatic rings. The Hall–Kier alpha value is -3.56.